The molecular weight excluding hydrogens is 443 g/mol. The molecule has 0 saturated carbocycles. The van der Waals surface area contributed by atoms with Crippen molar-refractivity contribution in [1.29, 1.82) is 0 Å². The second-order valence-electron chi connectivity index (χ2n) is 7.78. The molecular formula is C22H28ClFN2O4S. The first-order chi connectivity index (χ1) is 14.3. The molecule has 1 aromatic carbocycles. The summed E-state index contributed by atoms with van der Waals surface area (Å²) in [4.78, 5) is 35.4. The van der Waals surface area contributed by atoms with Gasteiger partial charge in [0.1, 0.15) is 16.4 Å². The van der Waals surface area contributed by atoms with Crippen LogP contribution in [0, 0.1) is 19.7 Å². The van der Waals surface area contributed by atoms with Crippen molar-refractivity contribution < 1.29 is 23.5 Å². The number of aryl methyl sites for hydroxylation is 1. The van der Waals surface area contributed by atoms with Crippen LogP contribution in [0.25, 0.3) is 0 Å². The molecule has 0 radical (unpaired) electrons. The van der Waals surface area contributed by atoms with Gasteiger partial charge in [-0.25, -0.2) is 4.39 Å². The molecule has 2 rings (SSSR count). The highest BCUT2D eigenvalue weighted by Gasteiger charge is 2.24. The summed E-state index contributed by atoms with van der Waals surface area (Å²) in [6, 6.07) is 3.25. The Morgan fingerprint density at radius 2 is 1.94 bits per heavy atom. The summed E-state index contributed by atoms with van der Waals surface area (Å²) in [6.07, 6.45) is 0.487. The third-order valence-corrected chi connectivity index (χ3v) is 5.64. The molecule has 0 spiro atoms. The molecule has 1 aromatic heterocycles. The van der Waals surface area contributed by atoms with E-state index in [1.54, 1.807) is 13.8 Å². The number of nitrogens with one attached hydrogen (secondary N) is 1. The van der Waals surface area contributed by atoms with E-state index < -0.39 is 11.9 Å². The first-order valence-corrected chi connectivity index (χ1v) is 10.8. The molecule has 1 heterocycles. The number of ether oxygens (including phenoxy) is 1. The highest BCUT2D eigenvalue weighted by Crippen LogP contribution is 2.34. The highest BCUT2D eigenvalue weighted by molar-refractivity contribution is 7.16. The number of thiophene rings is 1. The van der Waals surface area contributed by atoms with Crippen molar-refractivity contribution in [3.63, 3.8) is 0 Å². The van der Waals surface area contributed by atoms with Crippen LogP contribution in [-0.4, -0.2) is 29.8 Å². The lowest BCUT2D eigenvalue weighted by atomic mass is 10.0. The van der Waals surface area contributed by atoms with E-state index in [0.717, 1.165) is 16.5 Å². The van der Waals surface area contributed by atoms with E-state index in [2.05, 4.69) is 10.1 Å². The lowest BCUT2D eigenvalue weighted by Crippen LogP contribution is -2.34. The van der Waals surface area contributed by atoms with Gasteiger partial charge >= 0.3 is 0 Å². The summed E-state index contributed by atoms with van der Waals surface area (Å²) in [7, 11) is 0. The zero-order valence-corrected chi connectivity index (χ0v) is 20.0. The normalized spacial score (nSPS) is 11.8. The van der Waals surface area contributed by atoms with Crippen LogP contribution in [-0.2, 0) is 14.3 Å². The molecule has 1 atom stereocenters. The fraction of sp³-hybridized carbons (Fsp3) is 0.409. The monoisotopic (exact) mass is 470 g/mol. The van der Waals surface area contributed by atoms with Gasteiger partial charge in [-0.2, -0.15) is 0 Å². The van der Waals surface area contributed by atoms with Crippen molar-refractivity contribution in [3.05, 3.63) is 50.6 Å². The largest absolute Gasteiger partial charge is 0.462 e. The zero-order valence-electron chi connectivity index (χ0n) is 18.5. The molecule has 0 saturated heterocycles. The number of rotatable bonds is 6. The van der Waals surface area contributed by atoms with Crippen LogP contribution >= 0.6 is 22.9 Å². The second kappa shape index (κ2) is 11.4. The molecule has 170 valence electrons. The lowest BCUT2D eigenvalue weighted by Gasteiger charge is -2.14. The van der Waals surface area contributed by atoms with Gasteiger partial charge in [-0.1, -0.05) is 18.5 Å². The lowest BCUT2D eigenvalue weighted by molar-refractivity contribution is -0.138. The minimum absolute atomic E-state index is 0.0489. The van der Waals surface area contributed by atoms with Gasteiger partial charge < -0.3 is 15.8 Å². The van der Waals surface area contributed by atoms with Gasteiger partial charge in [-0.05, 0) is 64.8 Å². The fourth-order valence-electron chi connectivity index (χ4n) is 2.30. The highest BCUT2D eigenvalue weighted by atomic mass is 35.5. The Bertz CT molecular complexity index is 954. The van der Waals surface area contributed by atoms with Crippen molar-refractivity contribution in [1.82, 2.24) is 0 Å². The van der Waals surface area contributed by atoms with Crippen molar-refractivity contribution in [2.45, 2.75) is 59.6 Å². The number of hydrogen-bond donors (Lipinski definition) is 2. The standard InChI is InChI=1S/C17H18ClFN2O2S.C5H10O2/c1-4-13(20)16(23)21-17-14(8(2)9(3)24-17)15(22)10-5-6-11(18)12(19)7-10;1-5(2,3)7-4-6/h5-7,13H,4,20H2,1-3H3,(H,21,23);4H,1-3H3. The number of amides is 1. The van der Waals surface area contributed by atoms with Crippen LogP contribution in [0.3, 0.4) is 0 Å². The minimum atomic E-state index is -0.661. The molecule has 1 unspecified atom stereocenters. The van der Waals surface area contributed by atoms with Crippen molar-refractivity contribution >= 4 is 46.1 Å². The predicted octanol–water partition coefficient (Wildman–Crippen LogP) is 5.02. The number of benzene rings is 1. The number of halogens is 2. The Balaban J connectivity index is 0.000000592. The van der Waals surface area contributed by atoms with Crippen molar-refractivity contribution in [3.8, 4) is 0 Å². The Hall–Kier alpha value is -2.29. The molecule has 0 fully saturated rings. The molecule has 9 heteroatoms. The zero-order chi connectivity index (χ0) is 23.9. The van der Waals surface area contributed by atoms with Crippen molar-refractivity contribution in [2.24, 2.45) is 5.73 Å². The Morgan fingerprint density at radius 1 is 1.32 bits per heavy atom. The molecule has 3 N–H and O–H groups in total. The van der Waals surface area contributed by atoms with Gasteiger partial charge in [-0.15, -0.1) is 11.3 Å². The molecule has 0 aliphatic carbocycles. The summed E-state index contributed by atoms with van der Waals surface area (Å²) >= 11 is 6.96. The SMILES string of the molecule is CC(C)(C)OC=O.CCC(N)C(=O)Nc1sc(C)c(C)c1C(=O)c1ccc(Cl)c(F)c1. The van der Waals surface area contributed by atoms with Crippen LogP contribution in [0.15, 0.2) is 18.2 Å². The van der Waals surface area contributed by atoms with Gasteiger partial charge in [0.15, 0.2) is 5.78 Å². The molecule has 0 aliphatic heterocycles. The first kappa shape index (κ1) is 26.7. The summed E-state index contributed by atoms with van der Waals surface area (Å²) < 4.78 is 18.2. The third kappa shape index (κ3) is 7.72. The summed E-state index contributed by atoms with van der Waals surface area (Å²) in [5.74, 6) is -1.38. The van der Waals surface area contributed by atoms with Crippen LogP contribution in [0.5, 0.6) is 0 Å². The van der Waals surface area contributed by atoms with Gasteiger partial charge in [0, 0.05) is 10.4 Å². The van der Waals surface area contributed by atoms with Crippen LogP contribution in [0.4, 0.5) is 9.39 Å². The van der Waals surface area contributed by atoms with E-state index in [-0.39, 0.29) is 27.9 Å². The van der Waals surface area contributed by atoms with Gasteiger partial charge in [0.05, 0.1) is 16.6 Å². The quantitative estimate of drug-likeness (QED) is 0.456. The smallest absolute Gasteiger partial charge is 0.293 e. The van der Waals surface area contributed by atoms with Crippen molar-refractivity contribution in [2.75, 3.05) is 5.32 Å². The van der Waals surface area contributed by atoms with E-state index in [1.807, 2.05) is 27.7 Å². The predicted molar refractivity (Wildman–Crippen MR) is 122 cm³/mol. The number of hydrogen-bond acceptors (Lipinski definition) is 6. The molecule has 6 nitrogen and oxygen atoms in total. The number of anilines is 1. The number of carbonyl (C=O) groups excluding carboxylic acids is 3. The van der Waals surface area contributed by atoms with Crippen LogP contribution < -0.4 is 11.1 Å². The summed E-state index contributed by atoms with van der Waals surface area (Å²) in [5.41, 5.74) is 6.69. The number of carbonyl (C=O) groups is 3. The number of ketones is 1. The Kier molecular flexibility index (Phi) is 9.80. The van der Waals surface area contributed by atoms with Gasteiger partial charge in [0.2, 0.25) is 5.91 Å². The minimum Gasteiger partial charge on any atom is -0.462 e. The fourth-order valence-corrected chi connectivity index (χ4v) is 3.48. The average molecular weight is 471 g/mol. The maximum absolute atomic E-state index is 13.7. The average Bonchev–Trinajstić information content (AvgIpc) is 2.95. The molecule has 0 aliphatic rings. The Labute approximate surface area is 190 Å². The topological polar surface area (TPSA) is 98.5 Å². The summed E-state index contributed by atoms with van der Waals surface area (Å²) in [6.45, 7) is 11.4. The third-order valence-electron chi connectivity index (χ3n) is 4.21. The van der Waals surface area contributed by atoms with E-state index in [0.29, 0.717) is 23.5 Å². The van der Waals surface area contributed by atoms with Crippen LogP contribution in [0.1, 0.15) is 60.5 Å². The second-order valence-corrected chi connectivity index (χ2v) is 9.41. The summed E-state index contributed by atoms with van der Waals surface area (Å²) in [5, 5.41) is 3.09. The van der Waals surface area contributed by atoms with Gasteiger partial charge in [0.25, 0.3) is 6.47 Å². The van der Waals surface area contributed by atoms with Gasteiger partial charge in [-0.3, -0.25) is 14.4 Å². The van der Waals surface area contributed by atoms with E-state index in [4.69, 9.17) is 17.3 Å². The van der Waals surface area contributed by atoms with Crippen LogP contribution in [0.2, 0.25) is 5.02 Å². The Morgan fingerprint density at radius 3 is 2.39 bits per heavy atom. The van der Waals surface area contributed by atoms with E-state index in [1.165, 1.54) is 23.5 Å². The number of nitrogens with two attached hydrogens (primary N) is 1. The molecule has 0 bridgehead atoms. The maximum atomic E-state index is 13.7. The van der Waals surface area contributed by atoms with E-state index in [9.17, 15) is 18.8 Å². The molecule has 2 aromatic rings. The first-order valence-electron chi connectivity index (χ1n) is 9.60. The molecule has 1 amide bonds. The molecule has 31 heavy (non-hydrogen) atoms. The maximum Gasteiger partial charge on any atom is 0.293 e. The van der Waals surface area contributed by atoms with E-state index >= 15 is 0 Å².